The number of rotatable bonds is 6. The topological polar surface area (TPSA) is 34.6 Å². The summed E-state index contributed by atoms with van der Waals surface area (Å²) in [7, 11) is 0. The first kappa shape index (κ1) is 17.0. The van der Waals surface area contributed by atoms with Gasteiger partial charge in [-0.25, -0.2) is 4.98 Å². The Morgan fingerprint density at radius 1 is 1.29 bits per heavy atom. The summed E-state index contributed by atoms with van der Waals surface area (Å²) >= 11 is 1.80. The normalized spacial score (nSPS) is 27.6. The molecule has 1 saturated carbocycles. The number of hydrogen-bond donors (Lipinski definition) is 0. The quantitative estimate of drug-likeness (QED) is 0.786. The van der Waals surface area contributed by atoms with E-state index in [4.69, 9.17) is 9.47 Å². The first-order valence-electron chi connectivity index (χ1n) is 9.52. The van der Waals surface area contributed by atoms with Crippen molar-refractivity contribution >= 4 is 11.3 Å². The highest BCUT2D eigenvalue weighted by Gasteiger charge is 2.43. The van der Waals surface area contributed by atoms with Crippen molar-refractivity contribution in [2.45, 2.75) is 45.6 Å². The highest BCUT2D eigenvalue weighted by Crippen LogP contribution is 2.45. The van der Waals surface area contributed by atoms with E-state index in [0.29, 0.717) is 11.3 Å². The van der Waals surface area contributed by atoms with Crippen molar-refractivity contribution < 1.29 is 9.47 Å². The van der Waals surface area contributed by atoms with Gasteiger partial charge in [-0.15, -0.1) is 11.3 Å². The molecule has 1 atom stereocenters. The monoisotopic (exact) mass is 350 g/mol. The molecule has 4 nitrogen and oxygen atoms in total. The lowest BCUT2D eigenvalue weighted by Gasteiger charge is -2.49. The van der Waals surface area contributed by atoms with E-state index in [-0.39, 0.29) is 0 Å². The predicted octanol–water partition coefficient (Wildman–Crippen LogP) is 3.50. The van der Waals surface area contributed by atoms with Crippen molar-refractivity contribution in [2.24, 2.45) is 17.3 Å². The third-order valence-corrected chi connectivity index (χ3v) is 7.28. The molecule has 3 aliphatic rings. The van der Waals surface area contributed by atoms with Crippen LogP contribution in [0.25, 0.3) is 0 Å². The number of ether oxygens (including phenoxy) is 2. The number of nitrogens with zero attached hydrogens (tertiary/aromatic N) is 2. The minimum absolute atomic E-state index is 0.459. The average molecular weight is 351 g/mol. The summed E-state index contributed by atoms with van der Waals surface area (Å²) in [5.74, 6) is 1.45. The molecule has 2 aliphatic heterocycles. The van der Waals surface area contributed by atoms with Crippen LogP contribution < -0.4 is 0 Å². The van der Waals surface area contributed by atoms with E-state index in [1.807, 2.05) is 5.51 Å². The molecule has 134 valence electrons. The number of hydrogen-bond acceptors (Lipinski definition) is 5. The second-order valence-electron chi connectivity index (χ2n) is 8.00. The fourth-order valence-electron chi connectivity index (χ4n) is 4.26. The minimum Gasteiger partial charge on any atom is -0.381 e. The van der Waals surface area contributed by atoms with E-state index in [0.717, 1.165) is 38.9 Å². The Morgan fingerprint density at radius 2 is 2.12 bits per heavy atom. The van der Waals surface area contributed by atoms with Crippen LogP contribution in [0.2, 0.25) is 0 Å². The van der Waals surface area contributed by atoms with Gasteiger partial charge in [0.1, 0.15) is 0 Å². The van der Waals surface area contributed by atoms with Crippen LogP contribution in [0.5, 0.6) is 0 Å². The van der Waals surface area contributed by atoms with E-state index in [1.54, 1.807) is 11.3 Å². The number of aromatic nitrogens is 1. The summed E-state index contributed by atoms with van der Waals surface area (Å²) in [4.78, 5) is 8.44. The molecule has 1 aromatic heterocycles. The lowest BCUT2D eigenvalue weighted by Crippen LogP contribution is -2.49. The first-order chi connectivity index (χ1) is 11.8. The van der Waals surface area contributed by atoms with Gasteiger partial charge in [0.2, 0.25) is 0 Å². The van der Waals surface area contributed by atoms with Gasteiger partial charge in [-0.05, 0) is 63.5 Å². The Kier molecular flexibility index (Phi) is 5.23. The summed E-state index contributed by atoms with van der Waals surface area (Å²) in [5, 5.41) is 0. The molecule has 2 saturated heterocycles. The van der Waals surface area contributed by atoms with E-state index in [2.05, 4.69) is 16.8 Å². The standard InChI is InChI=1S/C19H30N2O2S/c1-15-18(24-14-20-15)10-21-7-4-19(5-8-21)6-9-22-12-17(19)13-23-11-16-2-3-16/h14,16-17H,2-13H2,1H3/t17-/m1/s1. The Balaban J connectivity index is 1.31. The van der Waals surface area contributed by atoms with Gasteiger partial charge in [-0.1, -0.05) is 0 Å². The van der Waals surface area contributed by atoms with E-state index >= 15 is 0 Å². The van der Waals surface area contributed by atoms with Crippen molar-refractivity contribution in [3.8, 4) is 0 Å². The van der Waals surface area contributed by atoms with Crippen LogP contribution in [0.1, 0.15) is 42.7 Å². The third kappa shape index (κ3) is 3.85. The Hall–Kier alpha value is -0.490. The number of thiazole rings is 1. The van der Waals surface area contributed by atoms with Gasteiger partial charge < -0.3 is 9.47 Å². The molecule has 3 heterocycles. The van der Waals surface area contributed by atoms with Crippen LogP contribution in [0.3, 0.4) is 0 Å². The van der Waals surface area contributed by atoms with Crippen molar-refractivity contribution in [2.75, 3.05) is 39.5 Å². The van der Waals surface area contributed by atoms with Crippen molar-refractivity contribution in [1.82, 2.24) is 9.88 Å². The fourth-order valence-corrected chi connectivity index (χ4v) is 5.08. The lowest BCUT2D eigenvalue weighted by atomic mass is 9.66. The molecule has 1 spiro atoms. The second-order valence-corrected chi connectivity index (χ2v) is 8.94. The lowest BCUT2D eigenvalue weighted by molar-refractivity contribution is -0.101. The fraction of sp³-hybridized carbons (Fsp3) is 0.842. The number of aryl methyl sites for hydroxylation is 1. The maximum absolute atomic E-state index is 6.05. The molecule has 0 bridgehead atoms. The van der Waals surface area contributed by atoms with Crippen LogP contribution in [0.4, 0.5) is 0 Å². The number of piperidine rings is 1. The van der Waals surface area contributed by atoms with Gasteiger partial charge in [0.05, 0.1) is 24.4 Å². The van der Waals surface area contributed by atoms with Crippen molar-refractivity contribution in [3.63, 3.8) is 0 Å². The van der Waals surface area contributed by atoms with Crippen LogP contribution in [0, 0.1) is 24.2 Å². The molecule has 0 unspecified atom stereocenters. The van der Waals surface area contributed by atoms with Crippen LogP contribution in [-0.2, 0) is 16.0 Å². The molecule has 0 N–H and O–H groups in total. The van der Waals surface area contributed by atoms with Gasteiger partial charge >= 0.3 is 0 Å². The van der Waals surface area contributed by atoms with Crippen LogP contribution in [0.15, 0.2) is 5.51 Å². The highest BCUT2D eigenvalue weighted by molar-refractivity contribution is 7.09. The summed E-state index contributed by atoms with van der Waals surface area (Å²) in [5.41, 5.74) is 3.64. The van der Waals surface area contributed by atoms with Gasteiger partial charge in [-0.3, -0.25) is 4.90 Å². The Labute approximate surface area is 149 Å². The molecule has 0 radical (unpaired) electrons. The third-order valence-electron chi connectivity index (χ3n) is 6.36. The SMILES string of the molecule is Cc1ncsc1CN1CCC2(CCOC[C@@H]2COCC2CC2)CC1. The predicted molar refractivity (Wildman–Crippen MR) is 96.3 cm³/mol. The van der Waals surface area contributed by atoms with Gasteiger partial charge in [0, 0.05) is 30.6 Å². The zero-order valence-electron chi connectivity index (χ0n) is 14.8. The minimum atomic E-state index is 0.459. The number of likely N-dealkylation sites (tertiary alicyclic amines) is 1. The van der Waals surface area contributed by atoms with E-state index < -0.39 is 0 Å². The smallest absolute Gasteiger partial charge is 0.0798 e. The van der Waals surface area contributed by atoms with Gasteiger partial charge in [0.15, 0.2) is 0 Å². The molecule has 4 rings (SSSR count). The molecule has 0 aromatic carbocycles. The van der Waals surface area contributed by atoms with Crippen LogP contribution >= 0.6 is 11.3 Å². The van der Waals surface area contributed by atoms with E-state index in [9.17, 15) is 0 Å². The molecular weight excluding hydrogens is 320 g/mol. The summed E-state index contributed by atoms with van der Waals surface area (Å²) in [6.45, 7) is 9.33. The van der Waals surface area contributed by atoms with Gasteiger partial charge in [0.25, 0.3) is 0 Å². The summed E-state index contributed by atoms with van der Waals surface area (Å²) < 4.78 is 11.9. The van der Waals surface area contributed by atoms with Crippen molar-refractivity contribution in [3.05, 3.63) is 16.1 Å². The average Bonchev–Trinajstić information content (AvgIpc) is 3.34. The second kappa shape index (κ2) is 7.40. The molecule has 24 heavy (non-hydrogen) atoms. The van der Waals surface area contributed by atoms with Gasteiger partial charge in [-0.2, -0.15) is 0 Å². The molecule has 0 amide bonds. The zero-order valence-corrected chi connectivity index (χ0v) is 15.7. The van der Waals surface area contributed by atoms with E-state index in [1.165, 1.54) is 55.8 Å². The maximum atomic E-state index is 6.05. The highest BCUT2D eigenvalue weighted by atomic mass is 32.1. The Bertz CT molecular complexity index is 535. The molecule has 5 heteroatoms. The maximum Gasteiger partial charge on any atom is 0.0798 e. The molecular formula is C19H30N2O2S. The Morgan fingerprint density at radius 3 is 2.83 bits per heavy atom. The molecule has 3 fully saturated rings. The summed E-state index contributed by atoms with van der Waals surface area (Å²) in [6.07, 6.45) is 6.56. The van der Waals surface area contributed by atoms with Crippen LogP contribution in [-0.4, -0.2) is 49.4 Å². The molecule has 1 aliphatic carbocycles. The van der Waals surface area contributed by atoms with Crippen molar-refractivity contribution in [1.29, 1.82) is 0 Å². The molecule has 1 aromatic rings. The largest absolute Gasteiger partial charge is 0.381 e. The summed E-state index contributed by atoms with van der Waals surface area (Å²) in [6, 6.07) is 0. The zero-order chi connectivity index (χ0) is 16.4. The first-order valence-corrected chi connectivity index (χ1v) is 10.4.